The van der Waals surface area contributed by atoms with Crippen LogP contribution in [0.3, 0.4) is 0 Å². The average Bonchev–Trinajstić information content (AvgIpc) is 3.07. The van der Waals surface area contributed by atoms with E-state index in [-0.39, 0.29) is 11.9 Å². The van der Waals surface area contributed by atoms with Crippen molar-refractivity contribution in [2.24, 2.45) is 5.41 Å². The molecule has 0 aliphatic carbocycles. The van der Waals surface area contributed by atoms with Crippen LogP contribution in [0.5, 0.6) is 11.5 Å². The first-order chi connectivity index (χ1) is 22.3. The second-order valence-corrected chi connectivity index (χ2v) is 13.7. The third-order valence-corrected chi connectivity index (χ3v) is 10.0. The molecule has 0 heterocycles. The van der Waals surface area contributed by atoms with E-state index in [1.54, 1.807) is 24.3 Å². The van der Waals surface area contributed by atoms with Crippen LogP contribution < -0.4 is 9.47 Å². The highest BCUT2D eigenvalue weighted by Gasteiger charge is 2.34. The molecule has 4 aromatic rings. The van der Waals surface area contributed by atoms with E-state index in [4.69, 9.17) is 9.47 Å². The number of benzene rings is 4. The van der Waals surface area contributed by atoms with E-state index in [2.05, 4.69) is 90.1 Å². The van der Waals surface area contributed by atoms with Crippen molar-refractivity contribution in [3.63, 3.8) is 0 Å². The summed E-state index contributed by atoms with van der Waals surface area (Å²) in [6.45, 7) is 20.9. The fourth-order valence-corrected chi connectivity index (χ4v) is 6.67. The molecule has 0 saturated heterocycles. The predicted octanol–water partition coefficient (Wildman–Crippen LogP) is 11.1. The number of carbonyl (C=O) groups excluding carboxylic acids is 2. The van der Waals surface area contributed by atoms with E-state index in [1.807, 2.05) is 33.8 Å². The first-order valence-electron chi connectivity index (χ1n) is 17.1. The topological polar surface area (TPSA) is 52.6 Å². The zero-order valence-electron chi connectivity index (χ0n) is 30.0. The molecule has 248 valence electrons. The fraction of sp³-hybridized carbons (Fsp3) is 0.395. The van der Waals surface area contributed by atoms with Gasteiger partial charge in [-0.05, 0) is 112 Å². The molecular weight excluding hydrogens is 580 g/mol. The molecule has 0 spiro atoms. The summed E-state index contributed by atoms with van der Waals surface area (Å²) in [5.41, 5.74) is 7.38. The number of ketones is 1. The molecule has 4 aromatic carbocycles. The van der Waals surface area contributed by atoms with Gasteiger partial charge in [0.25, 0.3) is 0 Å². The first kappa shape index (κ1) is 35.7. The van der Waals surface area contributed by atoms with Gasteiger partial charge >= 0.3 is 5.97 Å². The third-order valence-electron chi connectivity index (χ3n) is 10.0. The van der Waals surface area contributed by atoms with E-state index >= 15 is 0 Å². The smallest absolute Gasteiger partial charge is 0.343 e. The summed E-state index contributed by atoms with van der Waals surface area (Å²) >= 11 is 0. The summed E-state index contributed by atoms with van der Waals surface area (Å²) in [6.07, 6.45) is 3.56. The quantitative estimate of drug-likeness (QED) is 0.0637. The number of rotatable bonds is 13. The van der Waals surface area contributed by atoms with Gasteiger partial charge in [0.05, 0.1) is 11.7 Å². The number of Topliss-reactive ketones (excluding diaryl/α,β-unsaturated/α-hetero) is 1. The van der Waals surface area contributed by atoms with Gasteiger partial charge in [0, 0.05) is 16.4 Å². The molecule has 0 aliphatic heterocycles. The lowest BCUT2D eigenvalue weighted by Gasteiger charge is -2.34. The summed E-state index contributed by atoms with van der Waals surface area (Å²) in [6, 6.07) is 26.3. The van der Waals surface area contributed by atoms with Gasteiger partial charge in [0.2, 0.25) is 0 Å². The number of ether oxygens (including phenoxy) is 2. The largest absolute Gasteiger partial charge is 0.490 e. The lowest BCUT2D eigenvalue weighted by atomic mass is 9.69. The van der Waals surface area contributed by atoms with Crippen LogP contribution in [0.25, 0.3) is 0 Å². The number of hydrogen-bond donors (Lipinski definition) is 0. The molecule has 0 saturated carbocycles. The molecule has 4 heteroatoms. The van der Waals surface area contributed by atoms with Crippen molar-refractivity contribution in [1.82, 2.24) is 0 Å². The van der Waals surface area contributed by atoms with Crippen LogP contribution in [0.1, 0.15) is 127 Å². The minimum Gasteiger partial charge on any atom is -0.490 e. The highest BCUT2D eigenvalue weighted by atomic mass is 16.5. The van der Waals surface area contributed by atoms with Crippen LogP contribution in [0.2, 0.25) is 0 Å². The second kappa shape index (κ2) is 14.7. The Kier molecular flexibility index (Phi) is 11.2. The van der Waals surface area contributed by atoms with Crippen LogP contribution >= 0.6 is 0 Å². The van der Waals surface area contributed by atoms with Gasteiger partial charge < -0.3 is 9.47 Å². The Balaban J connectivity index is 1.73. The number of esters is 1. The highest BCUT2D eigenvalue weighted by molar-refractivity contribution is 6.02. The minimum atomic E-state index is -0.483. The number of carbonyl (C=O) groups is 2. The monoisotopic (exact) mass is 632 g/mol. The predicted molar refractivity (Wildman–Crippen MR) is 193 cm³/mol. The zero-order chi connectivity index (χ0) is 34.5. The Labute approximate surface area is 282 Å². The molecule has 4 rings (SSSR count). The Morgan fingerprint density at radius 2 is 1.21 bits per heavy atom. The van der Waals surface area contributed by atoms with Gasteiger partial charge in [0.1, 0.15) is 11.5 Å². The van der Waals surface area contributed by atoms with Crippen LogP contribution in [-0.4, -0.2) is 17.9 Å². The van der Waals surface area contributed by atoms with Gasteiger partial charge in [-0.15, -0.1) is 0 Å². The van der Waals surface area contributed by atoms with Crippen molar-refractivity contribution in [1.29, 1.82) is 0 Å². The fourth-order valence-electron chi connectivity index (χ4n) is 6.67. The van der Waals surface area contributed by atoms with Crippen LogP contribution in [0, 0.1) is 33.1 Å². The lowest BCUT2D eigenvalue weighted by molar-refractivity contribution is 0.0732. The minimum absolute atomic E-state index is 0.0679. The molecule has 0 amide bonds. The zero-order valence-corrected chi connectivity index (χ0v) is 30.0. The summed E-state index contributed by atoms with van der Waals surface area (Å²) in [5.74, 6) is 1.09. The molecule has 47 heavy (non-hydrogen) atoms. The summed E-state index contributed by atoms with van der Waals surface area (Å²) in [7, 11) is 0. The van der Waals surface area contributed by atoms with E-state index in [9.17, 15) is 9.59 Å². The summed E-state index contributed by atoms with van der Waals surface area (Å²) in [5, 5.41) is 0. The SMILES string of the molecule is CCCC(C)(CC)C(=O)c1cccc(C(=O)Oc2c(C)cc(C(C)(c3ccccc3)c3cc(C)c(OC(C)CC)c(C)c3)cc2C)c1. The second-order valence-electron chi connectivity index (χ2n) is 13.7. The Morgan fingerprint density at radius 3 is 1.72 bits per heavy atom. The Morgan fingerprint density at radius 1 is 0.681 bits per heavy atom. The standard InChI is InChI=1S/C43H52O4/c1-11-22-42(9,13-3)40(44)33-18-17-19-34(27-33)41(45)47-39-30(6)25-37(26-31(39)7)43(10,35-20-15-14-16-21-35)36-23-28(4)38(29(5)24-36)46-32(8)12-2/h14-21,23-27,32H,11-13,22H2,1-10H3. The summed E-state index contributed by atoms with van der Waals surface area (Å²) < 4.78 is 12.4. The van der Waals surface area contributed by atoms with Gasteiger partial charge in [-0.3, -0.25) is 4.79 Å². The maximum Gasteiger partial charge on any atom is 0.343 e. The van der Waals surface area contributed by atoms with Crippen LogP contribution in [-0.2, 0) is 5.41 Å². The van der Waals surface area contributed by atoms with Gasteiger partial charge in [-0.2, -0.15) is 0 Å². The first-order valence-corrected chi connectivity index (χ1v) is 17.1. The molecule has 4 nitrogen and oxygen atoms in total. The van der Waals surface area contributed by atoms with Gasteiger partial charge in [0.15, 0.2) is 5.78 Å². The molecule has 0 radical (unpaired) electrons. The molecule has 3 unspecified atom stereocenters. The lowest BCUT2D eigenvalue weighted by Crippen LogP contribution is -2.27. The van der Waals surface area contributed by atoms with E-state index in [0.29, 0.717) is 16.9 Å². The molecule has 0 N–H and O–H groups in total. The van der Waals surface area contributed by atoms with Gasteiger partial charge in [-0.1, -0.05) is 101 Å². The highest BCUT2D eigenvalue weighted by Crippen LogP contribution is 2.43. The van der Waals surface area contributed by atoms with Crippen molar-refractivity contribution >= 4 is 11.8 Å². The molecule has 0 bridgehead atoms. The molecule has 0 aromatic heterocycles. The maximum atomic E-state index is 13.5. The maximum absolute atomic E-state index is 13.5. The van der Waals surface area contributed by atoms with Crippen LogP contribution in [0.15, 0.2) is 78.9 Å². The molecular formula is C43H52O4. The molecule has 0 fully saturated rings. The van der Waals surface area contributed by atoms with Crippen molar-refractivity contribution in [3.05, 3.63) is 129 Å². The van der Waals surface area contributed by atoms with E-state index in [1.165, 1.54) is 11.1 Å². The number of aryl methyl sites for hydroxylation is 4. The normalized spacial score (nSPS) is 14.5. The van der Waals surface area contributed by atoms with Crippen molar-refractivity contribution in [3.8, 4) is 11.5 Å². The van der Waals surface area contributed by atoms with E-state index < -0.39 is 16.8 Å². The number of hydrogen-bond acceptors (Lipinski definition) is 4. The van der Waals surface area contributed by atoms with Crippen molar-refractivity contribution in [2.45, 2.75) is 106 Å². The van der Waals surface area contributed by atoms with Crippen LogP contribution in [0.4, 0.5) is 0 Å². The average molecular weight is 633 g/mol. The molecule has 3 atom stereocenters. The van der Waals surface area contributed by atoms with Gasteiger partial charge in [-0.25, -0.2) is 4.79 Å². The molecule has 0 aliphatic rings. The Hall–Kier alpha value is -4.18. The Bertz CT molecular complexity index is 1690. The van der Waals surface area contributed by atoms with Crippen molar-refractivity contribution < 1.29 is 19.1 Å². The van der Waals surface area contributed by atoms with Crippen molar-refractivity contribution in [2.75, 3.05) is 0 Å². The summed E-state index contributed by atoms with van der Waals surface area (Å²) in [4.78, 5) is 27.0. The third kappa shape index (κ3) is 7.38. The van der Waals surface area contributed by atoms with E-state index in [0.717, 1.165) is 59.3 Å².